The van der Waals surface area contributed by atoms with Crippen LogP contribution in [-0.2, 0) is 6.42 Å². The van der Waals surface area contributed by atoms with Crippen LogP contribution in [0.5, 0.6) is 5.75 Å². The fraction of sp³-hybridized carbons (Fsp3) is 0.538. The van der Waals surface area contributed by atoms with Gasteiger partial charge in [0.1, 0.15) is 5.75 Å². The van der Waals surface area contributed by atoms with Crippen LogP contribution in [0.1, 0.15) is 25.3 Å². The highest BCUT2D eigenvalue weighted by molar-refractivity contribution is 5.33. The van der Waals surface area contributed by atoms with E-state index in [0.29, 0.717) is 13.0 Å². The van der Waals surface area contributed by atoms with Gasteiger partial charge in [0.25, 0.3) is 0 Å². The summed E-state index contributed by atoms with van der Waals surface area (Å²) in [5, 5.41) is 0. The number of ether oxygens (including phenoxy) is 1. The number of benzene rings is 1. The van der Waals surface area contributed by atoms with Crippen molar-refractivity contribution in [2.75, 3.05) is 13.3 Å². The fourth-order valence-electron chi connectivity index (χ4n) is 1.48. The van der Waals surface area contributed by atoms with Crippen LogP contribution in [-0.4, -0.2) is 19.3 Å². The molecule has 0 bridgehead atoms. The van der Waals surface area contributed by atoms with Crippen LogP contribution in [0.2, 0.25) is 0 Å². The lowest BCUT2D eigenvalue weighted by Crippen LogP contribution is -2.21. The van der Waals surface area contributed by atoms with Gasteiger partial charge in [-0.2, -0.15) is 0 Å². The van der Waals surface area contributed by atoms with Gasteiger partial charge < -0.3 is 10.5 Å². The van der Waals surface area contributed by atoms with Crippen molar-refractivity contribution in [2.45, 2.75) is 32.2 Å². The third-order valence-corrected chi connectivity index (χ3v) is 2.51. The van der Waals surface area contributed by atoms with Crippen molar-refractivity contribution < 1.29 is 9.13 Å². The molecule has 0 fully saturated rings. The maximum Gasteiger partial charge on any atom is 0.122 e. The SMILES string of the molecule is CCC(N)Cc1ccccc1OCCCF. The van der Waals surface area contributed by atoms with Crippen molar-refractivity contribution >= 4 is 0 Å². The van der Waals surface area contributed by atoms with Gasteiger partial charge in [0, 0.05) is 12.5 Å². The number of hydrogen-bond donors (Lipinski definition) is 1. The highest BCUT2D eigenvalue weighted by Crippen LogP contribution is 2.20. The zero-order valence-corrected chi connectivity index (χ0v) is 9.79. The number of alkyl halides is 1. The van der Waals surface area contributed by atoms with E-state index in [1.54, 1.807) is 0 Å². The van der Waals surface area contributed by atoms with Crippen LogP contribution < -0.4 is 10.5 Å². The molecule has 0 radical (unpaired) electrons. The van der Waals surface area contributed by atoms with Gasteiger partial charge in [-0.1, -0.05) is 25.1 Å². The molecule has 0 heterocycles. The standard InChI is InChI=1S/C13H20FNO/c1-2-12(15)10-11-6-3-4-7-13(11)16-9-5-8-14/h3-4,6-7,12H,2,5,8-10,15H2,1H3. The molecule has 0 aliphatic heterocycles. The minimum absolute atomic E-state index is 0.158. The Morgan fingerprint density at radius 1 is 1.38 bits per heavy atom. The van der Waals surface area contributed by atoms with Gasteiger partial charge in [0.15, 0.2) is 0 Å². The van der Waals surface area contributed by atoms with Crippen LogP contribution in [0.15, 0.2) is 24.3 Å². The normalized spacial score (nSPS) is 12.4. The van der Waals surface area contributed by atoms with E-state index < -0.39 is 0 Å². The topological polar surface area (TPSA) is 35.2 Å². The molecule has 0 spiro atoms. The average Bonchev–Trinajstić information content (AvgIpc) is 2.31. The molecular weight excluding hydrogens is 205 g/mol. The molecule has 0 amide bonds. The van der Waals surface area contributed by atoms with Crippen molar-refractivity contribution in [2.24, 2.45) is 5.73 Å². The molecule has 0 aliphatic carbocycles. The minimum Gasteiger partial charge on any atom is -0.493 e. The summed E-state index contributed by atoms with van der Waals surface area (Å²) in [4.78, 5) is 0. The molecule has 1 aromatic rings. The van der Waals surface area contributed by atoms with Crippen molar-refractivity contribution in [3.05, 3.63) is 29.8 Å². The van der Waals surface area contributed by atoms with E-state index in [1.165, 1.54) is 0 Å². The first kappa shape index (κ1) is 13.0. The maximum atomic E-state index is 12.0. The summed E-state index contributed by atoms with van der Waals surface area (Å²) < 4.78 is 17.5. The Morgan fingerprint density at radius 3 is 2.81 bits per heavy atom. The Balaban J connectivity index is 2.60. The van der Waals surface area contributed by atoms with E-state index >= 15 is 0 Å². The number of rotatable bonds is 7. The molecule has 1 rings (SSSR count). The van der Waals surface area contributed by atoms with Gasteiger partial charge in [0.05, 0.1) is 13.3 Å². The minimum atomic E-state index is -0.337. The molecule has 1 atom stereocenters. The molecule has 1 unspecified atom stereocenters. The molecule has 0 aromatic heterocycles. The molecule has 3 heteroatoms. The predicted molar refractivity (Wildman–Crippen MR) is 64.5 cm³/mol. The van der Waals surface area contributed by atoms with Crippen LogP contribution in [0.25, 0.3) is 0 Å². The summed E-state index contributed by atoms with van der Waals surface area (Å²) in [7, 11) is 0. The number of nitrogens with two attached hydrogens (primary N) is 1. The molecule has 1 aromatic carbocycles. The van der Waals surface area contributed by atoms with E-state index in [4.69, 9.17) is 10.5 Å². The Bertz CT molecular complexity index is 304. The van der Waals surface area contributed by atoms with Gasteiger partial charge in [-0.25, -0.2) is 0 Å². The summed E-state index contributed by atoms with van der Waals surface area (Å²) in [5.74, 6) is 0.833. The summed E-state index contributed by atoms with van der Waals surface area (Å²) in [6, 6.07) is 7.98. The first-order valence-corrected chi connectivity index (χ1v) is 5.80. The van der Waals surface area contributed by atoms with Crippen LogP contribution >= 0.6 is 0 Å². The number of para-hydroxylation sites is 1. The van der Waals surface area contributed by atoms with Gasteiger partial charge in [-0.05, 0) is 24.5 Å². The predicted octanol–water partition coefficient (Wildman–Crippen LogP) is 2.70. The van der Waals surface area contributed by atoms with E-state index in [1.807, 2.05) is 24.3 Å². The Kier molecular flexibility index (Phi) is 5.86. The molecular formula is C13H20FNO. The second-order valence-corrected chi connectivity index (χ2v) is 3.87. The molecule has 0 saturated heterocycles. The summed E-state index contributed by atoms with van der Waals surface area (Å²) in [5.41, 5.74) is 7.02. The molecule has 0 aliphatic rings. The van der Waals surface area contributed by atoms with Gasteiger partial charge >= 0.3 is 0 Å². The lowest BCUT2D eigenvalue weighted by Gasteiger charge is -2.13. The van der Waals surface area contributed by atoms with Crippen LogP contribution in [0.3, 0.4) is 0 Å². The lowest BCUT2D eigenvalue weighted by atomic mass is 10.0. The van der Waals surface area contributed by atoms with Crippen LogP contribution in [0, 0.1) is 0 Å². The van der Waals surface area contributed by atoms with Crippen molar-refractivity contribution in [1.29, 1.82) is 0 Å². The lowest BCUT2D eigenvalue weighted by molar-refractivity contribution is 0.286. The Morgan fingerprint density at radius 2 is 2.12 bits per heavy atom. The smallest absolute Gasteiger partial charge is 0.122 e. The molecule has 16 heavy (non-hydrogen) atoms. The van der Waals surface area contributed by atoms with Crippen LogP contribution in [0.4, 0.5) is 4.39 Å². The Labute approximate surface area is 96.6 Å². The third kappa shape index (κ3) is 4.19. The van der Waals surface area contributed by atoms with E-state index in [9.17, 15) is 4.39 Å². The first-order chi connectivity index (χ1) is 7.77. The van der Waals surface area contributed by atoms with E-state index in [-0.39, 0.29) is 12.7 Å². The number of hydrogen-bond acceptors (Lipinski definition) is 2. The largest absolute Gasteiger partial charge is 0.493 e. The highest BCUT2D eigenvalue weighted by atomic mass is 19.1. The third-order valence-electron chi connectivity index (χ3n) is 2.51. The Hall–Kier alpha value is -1.09. The molecule has 2 nitrogen and oxygen atoms in total. The fourth-order valence-corrected chi connectivity index (χ4v) is 1.48. The zero-order valence-electron chi connectivity index (χ0n) is 9.79. The van der Waals surface area contributed by atoms with Crippen molar-refractivity contribution in [3.63, 3.8) is 0 Å². The van der Waals surface area contributed by atoms with E-state index in [2.05, 4.69) is 6.92 Å². The van der Waals surface area contributed by atoms with Crippen molar-refractivity contribution in [3.8, 4) is 5.75 Å². The summed E-state index contributed by atoms with van der Waals surface area (Å²) in [6.45, 7) is 2.16. The van der Waals surface area contributed by atoms with Gasteiger partial charge in [0.2, 0.25) is 0 Å². The number of halogens is 1. The average molecular weight is 225 g/mol. The summed E-state index contributed by atoms with van der Waals surface area (Å²) >= 11 is 0. The molecule has 0 saturated carbocycles. The van der Waals surface area contributed by atoms with E-state index in [0.717, 1.165) is 24.2 Å². The first-order valence-electron chi connectivity index (χ1n) is 5.80. The summed E-state index contributed by atoms with van der Waals surface area (Å²) in [6.07, 6.45) is 2.19. The second-order valence-electron chi connectivity index (χ2n) is 3.87. The zero-order chi connectivity index (χ0) is 11.8. The molecule has 2 N–H and O–H groups in total. The molecule has 90 valence electrons. The monoisotopic (exact) mass is 225 g/mol. The maximum absolute atomic E-state index is 12.0. The second kappa shape index (κ2) is 7.23. The van der Waals surface area contributed by atoms with Gasteiger partial charge in [-0.3, -0.25) is 4.39 Å². The van der Waals surface area contributed by atoms with Crippen molar-refractivity contribution in [1.82, 2.24) is 0 Å². The van der Waals surface area contributed by atoms with Gasteiger partial charge in [-0.15, -0.1) is 0 Å². The highest BCUT2D eigenvalue weighted by Gasteiger charge is 2.06. The quantitative estimate of drug-likeness (QED) is 0.724.